The number of H-pyrrole nitrogens is 1. The minimum absolute atomic E-state index is 0.106. The molecule has 53 heavy (non-hydrogen) atoms. The van der Waals surface area contributed by atoms with E-state index in [2.05, 4.69) is 22.4 Å². The Balaban J connectivity index is 1.39. The van der Waals surface area contributed by atoms with Gasteiger partial charge in [0.15, 0.2) is 5.78 Å². The van der Waals surface area contributed by atoms with Crippen LogP contribution < -0.4 is 38.9 Å². The summed E-state index contributed by atoms with van der Waals surface area (Å²) in [6.45, 7) is 0. The van der Waals surface area contributed by atoms with Crippen molar-refractivity contribution in [2.24, 2.45) is 9.98 Å². The van der Waals surface area contributed by atoms with E-state index in [0.29, 0.717) is 39.8 Å². The molecule has 0 saturated heterocycles. The molecule has 0 aliphatic carbocycles. The number of hydrogen-bond acceptors (Lipinski definition) is 8. The Hall–Kier alpha value is -7.39. The van der Waals surface area contributed by atoms with E-state index in [0.717, 1.165) is 66.7 Å². The highest BCUT2D eigenvalue weighted by Crippen LogP contribution is 2.37. The monoisotopic (exact) mass is 690 g/mol. The number of nitrogens with one attached hydrogen (secondary N) is 2. The third kappa shape index (κ3) is 5.66. The van der Waals surface area contributed by atoms with Gasteiger partial charge in [-0.15, -0.1) is 0 Å². The molecule has 1 unspecified atom stereocenters. The molecule has 8 bridgehead atoms. The van der Waals surface area contributed by atoms with Crippen molar-refractivity contribution in [3.8, 4) is 0 Å². The fraction of sp³-hybridized carbons (Fsp3) is 0.0227. The first-order valence-corrected chi connectivity index (χ1v) is 17.2. The van der Waals surface area contributed by atoms with E-state index in [1.54, 1.807) is 6.08 Å². The van der Waals surface area contributed by atoms with Gasteiger partial charge in [-0.2, -0.15) is 0 Å². The van der Waals surface area contributed by atoms with E-state index in [-0.39, 0.29) is 5.78 Å². The third-order valence-corrected chi connectivity index (χ3v) is 9.80. The zero-order chi connectivity index (χ0) is 36.2. The average molecular weight is 691 g/mol. The molecular weight excluding hydrogens is 657 g/mol. The number of nitrogens with zero attached hydrogens (tertiary/aromatic N) is 2. The summed E-state index contributed by atoms with van der Waals surface area (Å²) in [6.07, 6.45) is 9.62. The third-order valence-electron chi connectivity index (χ3n) is 9.80. The molecule has 9 nitrogen and oxygen atoms in total. The quantitative estimate of drug-likeness (QED) is 0.144. The second-order valence-corrected chi connectivity index (χ2v) is 13.3. The van der Waals surface area contributed by atoms with E-state index >= 15 is 0 Å². The van der Waals surface area contributed by atoms with E-state index in [4.69, 9.17) is 32.9 Å². The van der Waals surface area contributed by atoms with Gasteiger partial charge in [0.1, 0.15) is 6.04 Å². The van der Waals surface area contributed by atoms with Crippen LogP contribution in [0.2, 0.25) is 0 Å². The molecular formula is C44H34N8O. The Morgan fingerprint density at radius 2 is 0.887 bits per heavy atom. The number of aromatic amines is 1. The first kappa shape index (κ1) is 31.6. The molecule has 4 aromatic carbocycles. The van der Waals surface area contributed by atoms with Crippen molar-refractivity contribution >= 4 is 62.2 Å². The lowest BCUT2D eigenvalue weighted by atomic mass is 9.94. The van der Waals surface area contributed by atoms with Gasteiger partial charge in [0.25, 0.3) is 0 Å². The number of carbonyl (C=O) groups excluding carboxylic acids is 1. The Morgan fingerprint density at radius 3 is 1.38 bits per heavy atom. The van der Waals surface area contributed by atoms with Crippen LogP contribution in [0.1, 0.15) is 22.3 Å². The molecule has 9 heteroatoms. The van der Waals surface area contributed by atoms with Crippen LogP contribution in [0.15, 0.2) is 167 Å². The van der Waals surface area contributed by atoms with Gasteiger partial charge in [0, 0.05) is 67.5 Å². The molecule has 10 N–H and O–H groups in total. The topological polar surface area (TPSA) is 174 Å². The summed E-state index contributed by atoms with van der Waals surface area (Å²) >= 11 is 0. The van der Waals surface area contributed by atoms with Gasteiger partial charge in [-0.1, -0.05) is 48.5 Å². The first-order chi connectivity index (χ1) is 25.8. The average Bonchev–Trinajstić information content (AvgIpc) is 3.99. The van der Waals surface area contributed by atoms with E-state index in [1.165, 1.54) is 0 Å². The normalized spacial score (nSPS) is 17.7. The van der Waals surface area contributed by atoms with Crippen LogP contribution in [-0.4, -0.2) is 28.2 Å². The molecule has 256 valence electrons. The van der Waals surface area contributed by atoms with Crippen LogP contribution in [0, 0.1) is 0 Å². The first-order valence-electron chi connectivity index (χ1n) is 17.2. The largest absolute Gasteiger partial charge is 0.399 e. The molecule has 0 saturated carbocycles. The van der Waals surface area contributed by atoms with Crippen molar-refractivity contribution in [2.75, 3.05) is 22.9 Å². The number of benzene rings is 4. The van der Waals surface area contributed by atoms with Crippen molar-refractivity contribution < 1.29 is 4.79 Å². The highest BCUT2D eigenvalue weighted by atomic mass is 16.1. The minimum atomic E-state index is -0.739. The summed E-state index contributed by atoms with van der Waals surface area (Å²) in [5, 5.41) is 5.30. The number of aromatic nitrogens is 1. The number of hydrogen-bond donors (Lipinski definition) is 6. The molecule has 0 radical (unpaired) electrons. The van der Waals surface area contributed by atoms with Gasteiger partial charge in [-0.05, 0) is 107 Å². The van der Waals surface area contributed by atoms with E-state index < -0.39 is 6.04 Å². The summed E-state index contributed by atoms with van der Waals surface area (Å²) in [5.74, 6) is -0.106. The summed E-state index contributed by atoms with van der Waals surface area (Å²) in [6, 6.07) is 34.0. The SMILES string of the molecule is Nc1ccc(C2=C3C=CC(=N3)C(c3ccc(N)cc3)=c3ccc([nH]3)=C(c3ccc(N)cc3)C3=NC(=C(c4ccc(N)cc4)C4NC2=CC4=O)C=C3)cc1. The number of ketones is 1. The zero-order valence-electron chi connectivity index (χ0n) is 28.5. The van der Waals surface area contributed by atoms with Crippen molar-refractivity contribution in [1.29, 1.82) is 0 Å². The molecule has 5 aromatic rings. The summed E-state index contributed by atoms with van der Waals surface area (Å²) in [4.78, 5) is 28.5. The standard InChI is InChI=1S/C44H34N8O/c45-28-9-1-24(2-10-28)40-32-17-18-33(49-32)41(25-3-11-29(46)12-4-25)35-21-22-37(51-35)43(27-7-15-31(48)16-8-27)44-39(53)23-38(52-44)42(36-20-19-34(40)50-36)26-5-13-30(47)14-6-26/h1-23,44,49,52H,45-48H2. The Morgan fingerprint density at radius 1 is 0.472 bits per heavy atom. The van der Waals surface area contributed by atoms with Crippen molar-refractivity contribution in [2.45, 2.75) is 6.04 Å². The highest BCUT2D eigenvalue weighted by molar-refractivity contribution is 6.32. The van der Waals surface area contributed by atoms with Gasteiger partial charge in [0.05, 0.1) is 22.8 Å². The van der Waals surface area contributed by atoms with Gasteiger partial charge in [-0.3, -0.25) is 4.79 Å². The number of rotatable bonds is 4. The minimum Gasteiger partial charge on any atom is -0.399 e. The predicted octanol–water partition coefficient (Wildman–Crippen LogP) is 5.02. The Labute approximate surface area is 305 Å². The number of fused-ring (bicyclic) bond motifs is 6. The number of anilines is 4. The smallest absolute Gasteiger partial charge is 0.184 e. The molecule has 5 heterocycles. The van der Waals surface area contributed by atoms with Crippen LogP contribution in [-0.2, 0) is 4.79 Å². The molecule has 1 aromatic heterocycles. The Bertz CT molecular complexity index is 2700. The van der Waals surface area contributed by atoms with Crippen LogP contribution in [0.5, 0.6) is 0 Å². The van der Waals surface area contributed by atoms with Crippen LogP contribution in [0.3, 0.4) is 0 Å². The van der Waals surface area contributed by atoms with Crippen LogP contribution in [0.4, 0.5) is 22.7 Å². The molecule has 4 aliphatic rings. The van der Waals surface area contributed by atoms with E-state index in [1.807, 2.05) is 121 Å². The Kier molecular flexibility index (Phi) is 7.41. The van der Waals surface area contributed by atoms with Gasteiger partial charge in [-0.25, -0.2) is 9.98 Å². The molecule has 0 fully saturated rings. The molecule has 9 rings (SSSR count). The fourth-order valence-electron chi connectivity index (χ4n) is 7.23. The molecule has 4 aliphatic heterocycles. The maximum absolute atomic E-state index is 14.2. The summed E-state index contributed by atoms with van der Waals surface area (Å²) in [5.41, 5.74) is 37.4. The number of aliphatic imine (C=N–C) groups is 2. The van der Waals surface area contributed by atoms with Crippen molar-refractivity contribution in [3.63, 3.8) is 0 Å². The van der Waals surface area contributed by atoms with Gasteiger partial charge < -0.3 is 33.2 Å². The van der Waals surface area contributed by atoms with Gasteiger partial charge in [0.2, 0.25) is 0 Å². The lowest BCUT2D eigenvalue weighted by Gasteiger charge is -2.20. The molecule has 1 atom stereocenters. The fourth-order valence-corrected chi connectivity index (χ4v) is 7.23. The number of allylic oxidation sites excluding steroid dienone is 5. The number of nitrogens with two attached hydrogens (primary N) is 4. The predicted molar refractivity (Wildman–Crippen MR) is 215 cm³/mol. The van der Waals surface area contributed by atoms with Crippen LogP contribution in [0.25, 0.3) is 22.3 Å². The van der Waals surface area contributed by atoms with Crippen LogP contribution >= 0.6 is 0 Å². The number of nitrogen functional groups attached to an aromatic ring is 4. The van der Waals surface area contributed by atoms with Crippen molar-refractivity contribution in [1.82, 2.24) is 10.3 Å². The zero-order valence-corrected chi connectivity index (χ0v) is 28.5. The highest BCUT2D eigenvalue weighted by Gasteiger charge is 2.34. The second kappa shape index (κ2) is 12.4. The maximum Gasteiger partial charge on any atom is 0.184 e. The second-order valence-electron chi connectivity index (χ2n) is 13.3. The summed E-state index contributed by atoms with van der Waals surface area (Å²) in [7, 11) is 0. The molecule has 0 spiro atoms. The maximum atomic E-state index is 14.2. The number of carbonyl (C=O) groups is 1. The van der Waals surface area contributed by atoms with Crippen molar-refractivity contribution in [3.05, 3.63) is 190 Å². The van der Waals surface area contributed by atoms with E-state index in [9.17, 15) is 4.79 Å². The summed E-state index contributed by atoms with van der Waals surface area (Å²) < 4.78 is 0. The lowest BCUT2D eigenvalue weighted by molar-refractivity contribution is -0.114. The molecule has 0 amide bonds. The lowest BCUT2D eigenvalue weighted by Crippen LogP contribution is -2.31. The van der Waals surface area contributed by atoms with Gasteiger partial charge >= 0.3 is 0 Å².